The molecule has 3 aromatic heterocycles. The molecule has 0 bridgehead atoms. The Morgan fingerprint density at radius 1 is 1.41 bits per heavy atom. The molecule has 0 radical (unpaired) electrons. The van der Waals surface area contributed by atoms with Crippen LogP contribution in [0.15, 0.2) is 29.2 Å². The van der Waals surface area contributed by atoms with Crippen molar-refractivity contribution in [1.82, 2.24) is 20.3 Å². The highest BCUT2D eigenvalue weighted by atomic mass is 32.2. The van der Waals surface area contributed by atoms with E-state index in [9.17, 15) is 9.59 Å². The number of rotatable bonds is 6. The SMILES string of the molecule is CC(NC(=O)CSCc1nc2sc3c(c2c(=O)[nH]1)CCC3)c1ccccn1. The largest absolute Gasteiger partial charge is 0.347 e. The zero-order chi connectivity index (χ0) is 18.8. The number of aryl methyl sites for hydroxylation is 2. The van der Waals surface area contributed by atoms with E-state index >= 15 is 0 Å². The molecule has 140 valence electrons. The van der Waals surface area contributed by atoms with Gasteiger partial charge < -0.3 is 10.3 Å². The van der Waals surface area contributed by atoms with Gasteiger partial charge in [-0.15, -0.1) is 23.1 Å². The van der Waals surface area contributed by atoms with Crippen LogP contribution in [0, 0.1) is 0 Å². The number of nitrogens with one attached hydrogen (secondary N) is 2. The Bertz CT molecular complexity index is 1030. The van der Waals surface area contributed by atoms with Crippen molar-refractivity contribution in [3.05, 3.63) is 56.7 Å². The lowest BCUT2D eigenvalue weighted by atomic mass is 10.2. The monoisotopic (exact) mass is 400 g/mol. The molecule has 0 aliphatic heterocycles. The summed E-state index contributed by atoms with van der Waals surface area (Å²) in [5.74, 6) is 1.37. The van der Waals surface area contributed by atoms with Crippen molar-refractivity contribution in [3.8, 4) is 0 Å². The van der Waals surface area contributed by atoms with Crippen LogP contribution in [-0.4, -0.2) is 26.6 Å². The van der Waals surface area contributed by atoms with E-state index in [1.54, 1.807) is 17.5 Å². The number of carbonyl (C=O) groups is 1. The number of hydrogen-bond donors (Lipinski definition) is 2. The average Bonchev–Trinajstić information content (AvgIpc) is 3.23. The van der Waals surface area contributed by atoms with E-state index in [1.165, 1.54) is 22.2 Å². The van der Waals surface area contributed by atoms with Crippen molar-refractivity contribution in [2.45, 2.75) is 38.0 Å². The van der Waals surface area contributed by atoms with Gasteiger partial charge >= 0.3 is 0 Å². The zero-order valence-electron chi connectivity index (χ0n) is 14.9. The minimum Gasteiger partial charge on any atom is -0.347 e. The van der Waals surface area contributed by atoms with Gasteiger partial charge in [0.1, 0.15) is 10.7 Å². The second-order valence-corrected chi connectivity index (χ2v) is 8.66. The van der Waals surface area contributed by atoms with Crippen LogP contribution in [0.3, 0.4) is 0 Å². The van der Waals surface area contributed by atoms with Gasteiger partial charge in [-0.2, -0.15) is 0 Å². The fourth-order valence-corrected chi connectivity index (χ4v) is 5.33. The molecule has 8 heteroatoms. The van der Waals surface area contributed by atoms with Crippen LogP contribution in [0.4, 0.5) is 0 Å². The summed E-state index contributed by atoms with van der Waals surface area (Å²) in [6.07, 6.45) is 4.86. The summed E-state index contributed by atoms with van der Waals surface area (Å²) in [5, 5.41) is 3.70. The number of fused-ring (bicyclic) bond motifs is 3. The third-order valence-electron chi connectivity index (χ3n) is 4.60. The number of amides is 1. The van der Waals surface area contributed by atoms with E-state index in [-0.39, 0.29) is 17.5 Å². The Labute approximate surface area is 164 Å². The molecule has 1 atom stereocenters. The van der Waals surface area contributed by atoms with Crippen LogP contribution in [-0.2, 0) is 23.4 Å². The van der Waals surface area contributed by atoms with Gasteiger partial charge in [-0.3, -0.25) is 14.6 Å². The average molecular weight is 401 g/mol. The lowest BCUT2D eigenvalue weighted by Gasteiger charge is -2.12. The molecular formula is C19H20N4O2S2. The van der Waals surface area contributed by atoms with Crippen molar-refractivity contribution in [1.29, 1.82) is 0 Å². The van der Waals surface area contributed by atoms with Crippen LogP contribution in [0.2, 0.25) is 0 Å². The molecule has 1 aliphatic carbocycles. The molecule has 3 aromatic rings. The quantitative estimate of drug-likeness (QED) is 0.664. The predicted molar refractivity (Wildman–Crippen MR) is 109 cm³/mol. The second-order valence-electron chi connectivity index (χ2n) is 6.59. The van der Waals surface area contributed by atoms with Gasteiger partial charge in [0.05, 0.1) is 28.6 Å². The number of carbonyl (C=O) groups excluding carboxylic acids is 1. The van der Waals surface area contributed by atoms with Gasteiger partial charge in [-0.1, -0.05) is 6.07 Å². The van der Waals surface area contributed by atoms with Crippen LogP contribution in [0.1, 0.15) is 41.3 Å². The molecule has 0 fully saturated rings. The molecule has 1 unspecified atom stereocenters. The first-order chi connectivity index (χ1) is 13.1. The Morgan fingerprint density at radius 3 is 3.11 bits per heavy atom. The van der Waals surface area contributed by atoms with E-state index in [1.807, 2.05) is 25.1 Å². The number of nitrogens with zero attached hydrogens (tertiary/aromatic N) is 2. The normalized spacial score (nSPS) is 14.3. The van der Waals surface area contributed by atoms with Gasteiger partial charge in [0.15, 0.2) is 0 Å². The van der Waals surface area contributed by atoms with Gasteiger partial charge in [0.2, 0.25) is 5.91 Å². The lowest BCUT2D eigenvalue weighted by molar-refractivity contribution is -0.119. The molecule has 0 aromatic carbocycles. The van der Waals surface area contributed by atoms with Gasteiger partial charge in [0, 0.05) is 11.1 Å². The second kappa shape index (κ2) is 7.82. The number of aromatic amines is 1. The number of pyridine rings is 1. The molecule has 0 saturated carbocycles. The molecule has 1 aliphatic rings. The maximum Gasteiger partial charge on any atom is 0.259 e. The first kappa shape index (κ1) is 18.2. The smallest absolute Gasteiger partial charge is 0.259 e. The summed E-state index contributed by atoms with van der Waals surface area (Å²) in [6, 6.07) is 5.50. The standard InChI is InChI=1S/C19H20N4O2S2/c1-11(13-6-2-3-8-20-13)21-16(24)10-26-9-15-22-18(25)17-12-5-4-7-14(12)27-19(17)23-15/h2-3,6,8,11H,4-5,7,9-10H2,1H3,(H,21,24)(H,22,23,25). The summed E-state index contributed by atoms with van der Waals surface area (Å²) in [7, 11) is 0. The molecule has 4 rings (SSSR count). The molecular weight excluding hydrogens is 380 g/mol. The van der Waals surface area contributed by atoms with Crippen molar-refractivity contribution >= 4 is 39.2 Å². The van der Waals surface area contributed by atoms with Crippen LogP contribution >= 0.6 is 23.1 Å². The molecule has 6 nitrogen and oxygen atoms in total. The van der Waals surface area contributed by atoms with E-state index in [0.717, 1.165) is 35.2 Å². The van der Waals surface area contributed by atoms with Crippen LogP contribution in [0.25, 0.3) is 10.2 Å². The molecule has 2 N–H and O–H groups in total. The molecule has 3 heterocycles. The highest BCUT2D eigenvalue weighted by Gasteiger charge is 2.21. The molecule has 27 heavy (non-hydrogen) atoms. The highest BCUT2D eigenvalue weighted by molar-refractivity contribution is 7.99. The highest BCUT2D eigenvalue weighted by Crippen LogP contribution is 2.34. The summed E-state index contributed by atoms with van der Waals surface area (Å²) >= 11 is 3.07. The fourth-order valence-electron chi connectivity index (χ4n) is 3.34. The Kier molecular flexibility index (Phi) is 5.27. The van der Waals surface area contributed by atoms with Gasteiger partial charge in [-0.25, -0.2) is 4.98 Å². The third-order valence-corrected chi connectivity index (χ3v) is 6.73. The Balaban J connectivity index is 1.35. The Hall–Kier alpha value is -2.19. The van der Waals surface area contributed by atoms with E-state index in [2.05, 4.69) is 20.3 Å². The van der Waals surface area contributed by atoms with Crippen molar-refractivity contribution in [3.63, 3.8) is 0 Å². The third kappa shape index (κ3) is 3.91. The summed E-state index contributed by atoms with van der Waals surface area (Å²) in [5.41, 5.74) is 1.96. The van der Waals surface area contributed by atoms with Crippen molar-refractivity contribution < 1.29 is 4.79 Å². The van der Waals surface area contributed by atoms with E-state index < -0.39 is 0 Å². The lowest BCUT2D eigenvalue weighted by Crippen LogP contribution is -2.28. The van der Waals surface area contributed by atoms with E-state index in [0.29, 0.717) is 17.3 Å². The predicted octanol–water partition coefficient (Wildman–Crippen LogP) is 2.98. The minimum atomic E-state index is -0.137. The minimum absolute atomic E-state index is 0.0526. The van der Waals surface area contributed by atoms with E-state index in [4.69, 9.17) is 0 Å². The fraction of sp³-hybridized carbons (Fsp3) is 0.368. The summed E-state index contributed by atoms with van der Waals surface area (Å²) in [6.45, 7) is 1.91. The van der Waals surface area contributed by atoms with Gasteiger partial charge in [0.25, 0.3) is 5.56 Å². The number of thiophene rings is 1. The number of hydrogen-bond acceptors (Lipinski definition) is 6. The Morgan fingerprint density at radius 2 is 2.30 bits per heavy atom. The zero-order valence-corrected chi connectivity index (χ0v) is 16.6. The number of aromatic nitrogens is 3. The van der Waals surface area contributed by atoms with Gasteiger partial charge in [-0.05, 0) is 43.9 Å². The first-order valence-corrected chi connectivity index (χ1v) is 10.9. The maximum absolute atomic E-state index is 12.4. The number of thioether (sulfide) groups is 1. The van der Waals surface area contributed by atoms with Crippen molar-refractivity contribution in [2.75, 3.05) is 5.75 Å². The maximum atomic E-state index is 12.4. The molecule has 0 spiro atoms. The summed E-state index contributed by atoms with van der Waals surface area (Å²) < 4.78 is 0. The molecule has 1 amide bonds. The van der Waals surface area contributed by atoms with Crippen molar-refractivity contribution in [2.24, 2.45) is 0 Å². The topological polar surface area (TPSA) is 87.7 Å². The summed E-state index contributed by atoms with van der Waals surface area (Å²) in [4.78, 5) is 38.4. The molecule has 0 saturated heterocycles. The van der Waals surface area contributed by atoms with Crippen LogP contribution < -0.4 is 10.9 Å². The number of H-pyrrole nitrogens is 1. The first-order valence-electron chi connectivity index (χ1n) is 8.93. The van der Waals surface area contributed by atoms with Crippen LogP contribution in [0.5, 0.6) is 0 Å².